The van der Waals surface area contributed by atoms with Gasteiger partial charge in [-0.3, -0.25) is 4.79 Å². The fraction of sp³-hybridized carbons (Fsp3) is 0.294. The van der Waals surface area contributed by atoms with Gasteiger partial charge in [0, 0.05) is 17.7 Å². The molecule has 0 aliphatic carbocycles. The summed E-state index contributed by atoms with van der Waals surface area (Å²) in [7, 11) is 0. The Hall–Kier alpha value is -2.14. The van der Waals surface area contributed by atoms with Crippen LogP contribution in [0.5, 0.6) is 0 Å². The first-order valence-corrected chi connectivity index (χ1v) is 8.11. The number of aryl methyl sites for hydroxylation is 1. The van der Waals surface area contributed by atoms with Crippen molar-refractivity contribution in [2.75, 3.05) is 0 Å². The fourth-order valence-corrected chi connectivity index (χ4v) is 2.95. The zero-order valence-electron chi connectivity index (χ0n) is 12.2. The summed E-state index contributed by atoms with van der Waals surface area (Å²) in [6.07, 6.45) is 2.22. The van der Waals surface area contributed by atoms with Gasteiger partial charge >= 0.3 is 5.97 Å². The number of aliphatic carboxylic acids is 1. The first-order chi connectivity index (χ1) is 10.6. The number of carbonyl (C=O) groups excluding carboxylic acids is 1. The molecule has 1 unspecified atom stereocenters. The second-order valence-corrected chi connectivity index (χ2v) is 6.11. The van der Waals surface area contributed by atoms with Gasteiger partial charge in [-0.1, -0.05) is 36.4 Å². The van der Waals surface area contributed by atoms with Crippen LogP contribution in [0.1, 0.15) is 23.3 Å². The molecule has 0 aliphatic heterocycles. The minimum Gasteiger partial charge on any atom is -0.480 e. The number of nitrogens with one attached hydrogen (secondary N) is 1. The molecule has 0 bridgehead atoms. The molecule has 1 atom stereocenters. The molecule has 0 aliphatic rings. The van der Waals surface area contributed by atoms with Crippen molar-refractivity contribution in [2.45, 2.75) is 31.7 Å². The summed E-state index contributed by atoms with van der Waals surface area (Å²) in [5, 5.41) is 13.9. The van der Waals surface area contributed by atoms with Gasteiger partial charge in [-0.05, 0) is 29.9 Å². The van der Waals surface area contributed by atoms with E-state index in [1.807, 2.05) is 47.8 Å². The SMILES string of the molecule is O=C(CCCc1cccs1)NC(Cc1ccccc1)C(=O)O. The van der Waals surface area contributed by atoms with Gasteiger partial charge in [0.25, 0.3) is 0 Å². The third-order valence-electron chi connectivity index (χ3n) is 3.32. The molecule has 0 fully saturated rings. The van der Waals surface area contributed by atoms with Crippen molar-refractivity contribution in [1.29, 1.82) is 0 Å². The predicted octanol–water partition coefficient (Wildman–Crippen LogP) is 2.88. The van der Waals surface area contributed by atoms with Crippen molar-refractivity contribution >= 4 is 23.2 Å². The smallest absolute Gasteiger partial charge is 0.326 e. The van der Waals surface area contributed by atoms with Gasteiger partial charge in [0.1, 0.15) is 6.04 Å². The molecule has 2 N–H and O–H groups in total. The van der Waals surface area contributed by atoms with E-state index in [0.717, 1.165) is 18.4 Å². The van der Waals surface area contributed by atoms with E-state index in [1.165, 1.54) is 4.88 Å². The lowest BCUT2D eigenvalue weighted by Crippen LogP contribution is -2.42. The number of carbonyl (C=O) groups is 2. The number of hydrogen-bond donors (Lipinski definition) is 2. The second kappa shape index (κ2) is 8.34. The molecule has 4 nitrogen and oxygen atoms in total. The first-order valence-electron chi connectivity index (χ1n) is 7.23. The monoisotopic (exact) mass is 317 g/mol. The highest BCUT2D eigenvalue weighted by molar-refractivity contribution is 7.09. The number of carboxylic acids is 1. The van der Waals surface area contributed by atoms with Crippen LogP contribution in [-0.2, 0) is 22.4 Å². The molecule has 1 aromatic carbocycles. The van der Waals surface area contributed by atoms with Crippen LogP contribution in [-0.4, -0.2) is 23.0 Å². The molecule has 0 saturated carbocycles. The number of carboxylic acid groups (broad SMARTS) is 1. The molecule has 116 valence electrons. The number of benzene rings is 1. The largest absolute Gasteiger partial charge is 0.480 e. The van der Waals surface area contributed by atoms with Gasteiger partial charge in [0.05, 0.1) is 0 Å². The van der Waals surface area contributed by atoms with E-state index in [-0.39, 0.29) is 5.91 Å². The van der Waals surface area contributed by atoms with Crippen LogP contribution < -0.4 is 5.32 Å². The highest BCUT2D eigenvalue weighted by Crippen LogP contribution is 2.12. The average Bonchev–Trinajstić information content (AvgIpc) is 3.01. The zero-order valence-corrected chi connectivity index (χ0v) is 13.0. The molecule has 2 rings (SSSR count). The molecule has 2 aromatic rings. The van der Waals surface area contributed by atoms with Gasteiger partial charge < -0.3 is 10.4 Å². The lowest BCUT2D eigenvalue weighted by atomic mass is 10.1. The average molecular weight is 317 g/mol. The Balaban J connectivity index is 1.80. The van der Waals surface area contributed by atoms with Gasteiger partial charge in [0.2, 0.25) is 5.91 Å². The normalized spacial score (nSPS) is 11.8. The van der Waals surface area contributed by atoms with Crippen LogP contribution in [0.3, 0.4) is 0 Å². The molecule has 22 heavy (non-hydrogen) atoms. The van der Waals surface area contributed by atoms with Crippen molar-refractivity contribution in [3.05, 3.63) is 58.3 Å². The van der Waals surface area contributed by atoms with Gasteiger partial charge in [-0.15, -0.1) is 11.3 Å². The van der Waals surface area contributed by atoms with Crippen LogP contribution in [0.2, 0.25) is 0 Å². The number of rotatable bonds is 8. The van der Waals surface area contributed by atoms with Gasteiger partial charge in [-0.2, -0.15) is 0 Å². The maximum absolute atomic E-state index is 11.9. The standard InChI is InChI=1S/C17H19NO3S/c19-16(10-4-8-14-9-5-11-22-14)18-15(17(20)21)12-13-6-2-1-3-7-13/h1-3,5-7,9,11,15H,4,8,10,12H2,(H,18,19)(H,20,21). The third-order valence-corrected chi connectivity index (χ3v) is 4.26. The summed E-state index contributed by atoms with van der Waals surface area (Å²) >= 11 is 1.67. The molecule has 0 radical (unpaired) electrons. The Labute approximate surface area is 133 Å². The van der Waals surface area contributed by atoms with Gasteiger partial charge in [-0.25, -0.2) is 4.79 Å². The van der Waals surface area contributed by atoms with E-state index in [0.29, 0.717) is 12.8 Å². The summed E-state index contributed by atoms with van der Waals surface area (Å²) in [4.78, 5) is 24.4. The summed E-state index contributed by atoms with van der Waals surface area (Å²) in [6, 6.07) is 12.5. The van der Waals surface area contributed by atoms with E-state index in [4.69, 9.17) is 0 Å². The molecule has 1 amide bonds. The van der Waals surface area contributed by atoms with E-state index in [2.05, 4.69) is 5.32 Å². The molecular formula is C17H19NO3S. The molecular weight excluding hydrogens is 298 g/mol. The lowest BCUT2D eigenvalue weighted by molar-refractivity contribution is -0.141. The minimum atomic E-state index is -1.00. The van der Waals surface area contributed by atoms with Crippen LogP contribution in [0.4, 0.5) is 0 Å². The Morgan fingerprint density at radius 3 is 2.55 bits per heavy atom. The number of amides is 1. The molecule has 1 aromatic heterocycles. The zero-order chi connectivity index (χ0) is 15.8. The van der Waals surface area contributed by atoms with E-state index >= 15 is 0 Å². The topological polar surface area (TPSA) is 66.4 Å². The van der Waals surface area contributed by atoms with Crippen LogP contribution in [0.15, 0.2) is 47.8 Å². The van der Waals surface area contributed by atoms with Gasteiger partial charge in [0.15, 0.2) is 0 Å². The third kappa shape index (κ3) is 5.33. The summed E-state index contributed by atoms with van der Waals surface area (Å²) < 4.78 is 0. The van der Waals surface area contributed by atoms with E-state index < -0.39 is 12.0 Å². The Kier molecular flexibility index (Phi) is 6.15. The summed E-state index contributed by atoms with van der Waals surface area (Å²) in [5.41, 5.74) is 0.897. The molecule has 1 heterocycles. The molecule has 0 spiro atoms. The predicted molar refractivity (Wildman–Crippen MR) is 87.0 cm³/mol. The van der Waals surface area contributed by atoms with E-state index in [9.17, 15) is 14.7 Å². The van der Waals surface area contributed by atoms with Crippen molar-refractivity contribution in [1.82, 2.24) is 5.32 Å². The minimum absolute atomic E-state index is 0.208. The Morgan fingerprint density at radius 1 is 1.14 bits per heavy atom. The maximum Gasteiger partial charge on any atom is 0.326 e. The van der Waals surface area contributed by atoms with Crippen LogP contribution in [0, 0.1) is 0 Å². The summed E-state index contributed by atoms with van der Waals surface area (Å²) in [6.45, 7) is 0. The first kappa shape index (κ1) is 16.2. The summed E-state index contributed by atoms with van der Waals surface area (Å²) in [5.74, 6) is -1.21. The van der Waals surface area contributed by atoms with Crippen molar-refractivity contribution in [3.63, 3.8) is 0 Å². The fourth-order valence-electron chi connectivity index (χ4n) is 2.19. The van der Waals surface area contributed by atoms with E-state index in [1.54, 1.807) is 11.3 Å². The number of hydrogen-bond acceptors (Lipinski definition) is 3. The quantitative estimate of drug-likeness (QED) is 0.787. The maximum atomic E-state index is 11.9. The number of thiophene rings is 1. The second-order valence-electron chi connectivity index (χ2n) is 5.08. The van der Waals surface area contributed by atoms with Crippen molar-refractivity contribution in [3.8, 4) is 0 Å². The van der Waals surface area contributed by atoms with Crippen LogP contribution >= 0.6 is 11.3 Å². The highest BCUT2D eigenvalue weighted by Gasteiger charge is 2.20. The van der Waals surface area contributed by atoms with Crippen molar-refractivity contribution in [2.24, 2.45) is 0 Å². The Morgan fingerprint density at radius 2 is 1.91 bits per heavy atom. The highest BCUT2D eigenvalue weighted by atomic mass is 32.1. The Bertz CT molecular complexity index is 596. The molecule has 0 saturated heterocycles. The lowest BCUT2D eigenvalue weighted by Gasteiger charge is -2.14. The van der Waals surface area contributed by atoms with Crippen LogP contribution in [0.25, 0.3) is 0 Å². The van der Waals surface area contributed by atoms with Crippen molar-refractivity contribution < 1.29 is 14.7 Å². The molecule has 5 heteroatoms.